The number of nitrogens with zero attached hydrogens (tertiary/aromatic N) is 6. The number of hydrogen-bond donors (Lipinski definition) is 2. The summed E-state index contributed by atoms with van der Waals surface area (Å²) in [5.74, 6) is 0.615. The van der Waals surface area contributed by atoms with Gasteiger partial charge in [0, 0.05) is 28.9 Å². The summed E-state index contributed by atoms with van der Waals surface area (Å²) in [5, 5.41) is 22.3. The van der Waals surface area contributed by atoms with Crippen LogP contribution >= 0.6 is 0 Å². The lowest BCUT2D eigenvalue weighted by Crippen LogP contribution is -2.27. The number of benzene rings is 1. The zero-order valence-electron chi connectivity index (χ0n) is 18.8. The standard InChI is InChI=1S/C23H26N8O/c1-13(2)22-28-29-30-31(22)19-10-17(20-7-6-14(3)12-24-20)9-18(11-19)23(32)25-16(5)21-8-15(4)26-27-21/h6-13,16H,1-5H3,(H,25,32)(H,26,27). The Labute approximate surface area is 186 Å². The van der Waals surface area contributed by atoms with E-state index in [4.69, 9.17) is 0 Å². The van der Waals surface area contributed by atoms with Crippen LogP contribution in [0.2, 0.25) is 0 Å². The quantitative estimate of drug-likeness (QED) is 0.482. The van der Waals surface area contributed by atoms with Crippen molar-refractivity contribution in [1.82, 2.24) is 40.7 Å². The first-order valence-corrected chi connectivity index (χ1v) is 10.5. The minimum absolute atomic E-state index is 0.117. The van der Waals surface area contributed by atoms with Crippen LogP contribution in [0.1, 0.15) is 65.9 Å². The van der Waals surface area contributed by atoms with Crippen LogP contribution in [-0.4, -0.2) is 41.3 Å². The van der Waals surface area contributed by atoms with Crippen molar-refractivity contribution in [2.75, 3.05) is 0 Å². The largest absolute Gasteiger partial charge is 0.344 e. The maximum Gasteiger partial charge on any atom is 0.251 e. The number of carbonyl (C=O) groups excluding carboxylic acids is 1. The smallest absolute Gasteiger partial charge is 0.251 e. The second kappa shape index (κ2) is 8.70. The normalized spacial score (nSPS) is 12.2. The molecule has 0 aliphatic rings. The van der Waals surface area contributed by atoms with Gasteiger partial charge in [-0.15, -0.1) is 5.10 Å². The number of hydrogen-bond acceptors (Lipinski definition) is 6. The summed E-state index contributed by atoms with van der Waals surface area (Å²) in [6.45, 7) is 9.86. The number of tetrazole rings is 1. The van der Waals surface area contributed by atoms with Crippen LogP contribution < -0.4 is 5.32 Å². The molecule has 164 valence electrons. The van der Waals surface area contributed by atoms with Crippen LogP contribution in [0.5, 0.6) is 0 Å². The van der Waals surface area contributed by atoms with Crippen LogP contribution in [-0.2, 0) is 0 Å². The average molecular weight is 431 g/mol. The molecule has 0 spiro atoms. The van der Waals surface area contributed by atoms with E-state index >= 15 is 0 Å². The second-order valence-electron chi connectivity index (χ2n) is 8.26. The molecular weight excluding hydrogens is 404 g/mol. The Hall–Kier alpha value is -3.88. The number of aromatic nitrogens is 7. The lowest BCUT2D eigenvalue weighted by Gasteiger charge is -2.14. The molecule has 1 amide bonds. The maximum atomic E-state index is 13.2. The first kappa shape index (κ1) is 21.4. The average Bonchev–Trinajstić information content (AvgIpc) is 3.43. The highest BCUT2D eigenvalue weighted by Crippen LogP contribution is 2.25. The van der Waals surface area contributed by atoms with Crippen molar-refractivity contribution in [3.05, 3.63) is 70.9 Å². The van der Waals surface area contributed by atoms with E-state index in [1.54, 1.807) is 16.9 Å². The Morgan fingerprint density at radius 1 is 1.09 bits per heavy atom. The van der Waals surface area contributed by atoms with E-state index in [0.717, 1.165) is 28.2 Å². The number of carbonyl (C=O) groups is 1. The third-order valence-electron chi connectivity index (χ3n) is 5.16. The van der Waals surface area contributed by atoms with Gasteiger partial charge < -0.3 is 5.32 Å². The molecule has 0 fully saturated rings. The zero-order valence-corrected chi connectivity index (χ0v) is 18.8. The first-order valence-electron chi connectivity index (χ1n) is 10.5. The van der Waals surface area contributed by atoms with Crippen LogP contribution in [0.15, 0.2) is 42.6 Å². The zero-order chi connectivity index (χ0) is 22.8. The summed E-state index contributed by atoms with van der Waals surface area (Å²) < 4.78 is 1.67. The van der Waals surface area contributed by atoms with Crippen molar-refractivity contribution in [2.45, 2.75) is 46.6 Å². The van der Waals surface area contributed by atoms with Gasteiger partial charge in [0.2, 0.25) is 0 Å². The van der Waals surface area contributed by atoms with Crippen molar-refractivity contribution in [2.24, 2.45) is 0 Å². The van der Waals surface area contributed by atoms with Gasteiger partial charge in [0.1, 0.15) is 0 Å². The van der Waals surface area contributed by atoms with Crippen molar-refractivity contribution < 1.29 is 4.79 Å². The number of amides is 1. The maximum absolute atomic E-state index is 13.2. The minimum Gasteiger partial charge on any atom is -0.344 e. The van der Waals surface area contributed by atoms with Gasteiger partial charge in [0.15, 0.2) is 5.82 Å². The van der Waals surface area contributed by atoms with Gasteiger partial charge in [-0.05, 0) is 67.1 Å². The summed E-state index contributed by atoms with van der Waals surface area (Å²) in [6.07, 6.45) is 1.81. The third kappa shape index (κ3) is 4.41. The molecule has 1 unspecified atom stereocenters. The summed E-state index contributed by atoms with van der Waals surface area (Å²) in [7, 11) is 0. The molecule has 0 aliphatic carbocycles. The SMILES string of the molecule is Cc1ccc(-c2cc(C(=O)NC(C)c3cc(C)[nH]n3)cc(-n3nnnc3C(C)C)c2)nc1. The lowest BCUT2D eigenvalue weighted by molar-refractivity contribution is 0.0939. The Balaban J connectivity index is 1.75. The first-order chi connectivity index (χ1) is 15.3. The van der Waals surface area contributed by atoms with Gasteiger partial charge in [-0.3, -0.25) is 14.9 Å². The number of H-pyrrole nitrogens is 1. The highest BCUT2D eigenvalue weighted by molar-refractivity contribution is 5.96. The number of aryl methyl sites for hydroxylation is 2. The molecule has 3 aromatic heterocycles. The molecular formula is C23H26N8O. The predicted molar refractivity (Wildman–Crippen MR) is 120 cm³/mol. The molecule has 9 heteroatoms. The molecule has 1 aromatic carbocycles. The number of nitrogens with one attached hydrogen (secondary N) is 2. The van der Waals surface area contributed by atoms with E-state index in [1.165, 1.54) is 0 Å². The third-order valence-corrected chi connectivity index (χ3v) is 5.16. The van der Waals surface area contributed by atoms with Crippen molar-refractivity contribution in [3.8, 4) is 16.9 Å². The van der Waals surface area contributed by atoms with Gasteiger partial charge in [-0.1, -0.05) is 19.9 Å². The number of aromatic amines is 1. The van der Waals surface area contributed by atoms with Gasteiger partial charge >= 0.3 is 0 Å². The summed E-state index contributed by atoms with van der Waals surface area (Å²) in [4.78, 5) is 17.7. The summed E-state index contributed by atoms with van der Waals surface area (Å²) in [6, 6.07) is 11.2. The van der Waals surface area contributed by atoms with Crippen LogP contribution in [0.4, 0.5) is 0 Å². The predicted octanol–water partition coefficient (Wildman–Crippen LogP) is 3.68. The lowest BCUT2D eigenvalue weighted by atomic mass is 10.0. The van der Waals surface area contributed by atoms with Crippen LogP contribution in [0, 0.1) is 13.8 Å². The van der Waals surface area contributed by atoms with E-state index in [2.05, 4.69) is 36.0 Å². The topological polar surface area (TPSA) is 114 Å². The molecule has 0 saturated heterocycles. The fraction of sp³-hybridized carbons (Fsp3) is 0.304. The number of pyridine rings is 1. The van der Waals surface area contributed by atoms with Crippen LogP contribution in [0.3, 0.4) is 0 Å². The monoisotopic (exact) mass is 430 g/mol. The molecule has 0 saturated carbocycles. The highest BCUT2D eigenvalue weighted by Gasteiger charge is 2.18. The van der Waals surface area contributed by atoms with E-state index in [-0.39, 0.29) is 17.9 Å². The Bertz CT molecular complexity index is 1240. The van der Waals surface area contributed by atoms with Crippen molar-refractivity contribution in [3.63, 3.8) is 0 Å². The van der Waals surface area contributed by atoms with Crippen LogP contribution in [0.25, 0.3) is 16.9 Å². The molecule has 0 bridgehead atoms. The van der Waals surface area contributed by atoms with Crippen molar-refractivity contribution in [1.29, 1.82) is 0 Å². The Morgan fingerprint density at radius 2 is 1.91 bits per heavy atom. The second-order valence-corrected chi connectivity index (χ2v) is 8.26. The molecule has 0 aliphatic heterocycles. The molecule has 32 heavy (non-hydrogen) atoms. The van der Waals surface area contributed by atoms with E-state index in [9.17, 15) is 4.79 Å². The van der Waals surface area contributed by atoms with Gasteiger partial charge in [-0.2, -0.15) is 9.78 Å². The van der Waals surface area contributed by atoms with Gasteiger partial charge in [0.05, 0.1) is 23.1 Å². The van der Waals surface area contributed by atoms with Gasteiger partial charge in [0.25, 0.3) is 5.91 Å². The molecule has 3 heterocycles. The molecule has 4 rings (SSSR count). The fourth-order valence-electron chi connectivity index (χ4n) is 3.40. The molecule has 9 nitrogen and oxygen atoms in total. The number of rotatable bonds is 6. The molecule has 0 radical (unpaired) electrons. The molecule has 1 atom stereocenters. The van der Waals surface area contributed by atoms with E-state index in [1.807, 2.05) is 65.0 Å². The van der Waals surface area contributed by atoms with E-state index < -0.39 is 0 Å². The summed E-state index contributed by atoms with van der Waals surface area (Å²) in [5.41, 5.74) is 5.54. The van der Waals surface area contributed by atoms with Crippen molar-refractivity contribution >= 4 is 5.91 Å². The van der Waals surface area contributed by atoms with E-state index in [0.29, 0.717) is 17.1 Å². The van der Waals surface area contributed by atoms with Gasteiger partial charge in [-0.25, -0.2) is 0 Å². The fourth-order valence-corrected chi connectivity index (χ4v) is 3.40. The Kier molecular flexibility index (Phi) is 5.81. The minimum atomic E-state index is -0.253. The molecule has 2 N–H and O–H groups in total. The molecule has 4 aromatic rings. The summed E-state index contributed by atoms with van der Waals surface area (Å²) >= 11 is 0. The highest BCUT2D eigenvalue weighted by atomic mass is 16.1. The Morgan fingerprint density at radius 3 is 2.56 bits per heavy atom.